The molecule has 0 fully saturated rings. The second-order valence-corrected chi connectivity index (χ2v) is 8.15. The summed E-state index contributed by atoms with van der Waals surface area (Å²) < 4.78 is 40.5. The third-order valence-corrected chi connectivity index (χ3v) is 5.85. The zero-order chi connectivity index (χ0) is 19.4. The molecule has 3 aromatic rings. The molecule has 7 nitrogen and oxygen atoms in total. The molecular weight excluding hydrogens is 392 g/mol. The molecule has 0 amide bonds. The Morgan fingerprint density at radius 1 is 1.04 bits per heavy atom. The number of aryl methyl sites for hydroxylation is 1. The van der Waals surface area contributed by atoms with Crippen molar-refractivity contribution >= 4 is 21.4 Å². The van der Waals surface area contributed by atoms with E-state index in [1.54, 1.807) is 25.3 Å². The molecule has 0 spiro atoms. The molecule has 0 radical (unpaired) electrons. The van der Waals surface area contributed by atoms with E-state index in [2.05, 4.69) is 10.1 Å². The monoisotopic (exact) mass is 408 g/mol. The van der Waals surface area contributed by atoms with Crippen LogP contribution in [0, 0.1) is 0 Å². The van der Waals surface area contributed by atoms with Gasteiger partial charge in [0.25, 0.3) is 5.89 Å². The van der Waals surface area contributed by atoms with Crippen molar-refractivity contribution in [3.05, 3.63) is 53.3 Å². The fourth-order valence-electron chi connectivity index (χ4n) is 2.43. The summed E-state index contributed by atoms with van der Waals surface area (Å²) in [6.07, 6.45) is 0.127. The van der Waals surface area contributed by atoms with Crippen LogP contribution in [0.15, 0.2) is 51.9 Å². The lowest BCUT2D eigenvalue weighted by Crippen LogP contribution is -2.10. The highest BCUT2D eigenvalue weighted by Crippen LogP contribution is 2.31. The lowest BCUT2D eigenvalue weighted by molar-refractivity contribution is 0.355. The molecule has 142 valence electrons. The number of hydrogen-bond donors (Lipinski definition) is 0. The number of hydrogen-bond acceptors (Lipinski definition) is 7. The van der Waals surface area contributed by atoms with Crippen LogP contribution in [-0.4, -0.2) is 38.5 Å². The Hall–Kier alpha value is -2.58. The number of sulfone groups is 1. The number of halogens is 1. The number of ether oxygens (including phenoxy) is 2. The van der Waals surface area contributed by atoms with Crippen molar-refractivity contribution in [2.45, 2.75) is 11.3 Å². The SMILES string of the molecule is COc1ccc(-c2nc(CCS(=O)(=O)c3ccc(Cl)cc3)no2)cc1OC. The van der Waals surface area contributed by atoms with E-state index in [0.29, 0.717) is 27.9 Å². The van der Waals surface area contributed by atoms with Crippen LogP contribution < -0.4 is 9.47 Å². The van der Waals surface area contributed by atoms with Crippen LogP contribution in [0.3, 0.4) is 0 Å². The molecular formula is C18H17ClN2O5S. The van der Waals surface area contributed by atoms with Gasteiger partial charge in [-0.25, -0.2) is 8.42 Å². The minimum atomic E-state index is -3.47. The first kappa shape index (κ1) is 19.2. The van der Waals surface area contributed by atoms with Gasteiger partial charge in [-0.1, -0.05) is 16.8 Å². The molecule has 0 saturated heterocycles. The summed E-state index contributed by atoms with van der Waals surface area (Å²) in [6, 6.07) is 11.2. The van der Waals surface area contributed by atoms with Gasteiger partial charge < -0.3 is 14.0 Å². The predicted molar refractivity (Wildman–Crippen MR) is 100 cm³/mol. The zero-order valence-corrected chi connectivity index (χ0v) is 16.2. The van der Waals surface area contributed by atoms with Crippen LogP contribution in [0.1, 0.15) is 5.82 Å². The highest BCUT2D eigenvalue weighted by molar-refractivity contribution is 7.91. The van der Waals surface area contributed by atoms with E-state index in [9.17, 15) is 8.42 Å². The summed E-state index contributed by atoms with van der Waals surface area (Å²) in [5.41, 5.74) is 0.645. The van der Waals surface area contributed by atoms with E-state index in [1.807, 2.05) is 0 Å². The number of methoxy groups -OCH3 is 2. The van der Waals surface area contributed by atoms with Crippen molar-refractivity contribution in [1.29, 1.82) is 0 Å². The molecule has 0 aliphatic heterocycles. The normalized spacial score (nSPS) is 11.4. The Labute approximate surface area is 161 Å². The van der Waals surface area contributed by atoms with Crippen LogP contribution in [0.25, 0.3) is 11.5 Å². The van der Waals surface area contributed by atoms with Crippen molar-refractivity contribution in [2.24, 2.45) is 0 Å². The van der Waals surface area contributed by atoms with Gasteiger partial charge in [0.15, 0.2) is 27.2 Å². The van der Waals surface area contributed by atoms with Crippen LogP contribution in [0.4, 0.5) is 0 Å². The van der Waals surface area contributed by atoms with E-state index in [4.69, 9.17) is 25.6 Å². The fraction of sp³-hybridized carbons (Fsp3) is 0.222. The third kappa shape index (κ3) is 4.40. The summed E-state index contributed by atoms with van der Waals surface area (Å²) in [6.45, 7) is 0. The van der Waals surface area contributed by atoms with Crippen molar-refractivity contribution in [3.63, 3.8) is 0 Å². The summed E-state index contributed by atoms with van der Waals surface area (Å²) >= 11 is 5.79. The summed E-state index contributed by atoms with van der Waals surface area (Å²) in [5.74, 6) is 1.54. The Bertz CT molecular complexity index is 1030. The van der Waals surface area contributed by atoms with Gasteiger partial charge in [-0.15, -0.1) is 0 Å². The molecule has 9 heteroatoms. The minimum Gasteiger partial charge on any atom is -0.493 e. The molecule has 0 N–H and O–H groups in total. The summed E-state index contributed by atoms with van der Waals surface area (Å²) in [5, 5.41) is 4.34. The van der Waals surface area contributed by atoms with Crippen LogP contribution in [-0.2, 0) is 16.3 Å². The van der Waals surface area contributed by atoms with Gasteiger partial charge in [-0.05, 0) is 42.5 Å². The van der Waals surface area contributed by atoms with Crippen molar-refractivity contribution in [2.75, 3.05) is 20.0 Å². The van der Waals surface area contributed by atoms with Gasteiger partial charge in [0, 0.05) is 17.0 Å². The number of rotatable bonds is 7. The molecule has 2 aromatic carbocycles. The number of nitrogens with zero attached hydrogens (tertiary/aromatic N) is 2. The first-order chi connectivity index (χ1) is 12.9. The van der Waals surface area contributed by atoms with Gasteiger partial charge in [-0.3, -0.25) is 0 Å². The van der Waals surface area contributed by atoms with Crippen molar-refractivity contribution in [1.82, 2.24) is 10.1 Å². The van der Waals surface area contributed by atoms with E-state index >= 15 is 0 Å². The molecule has 0 aliphatic rings. The van der Waals surface area contributed by atoms with Crippen LogP contribution >= 0.6 is 11.6 Å². The van der Waals surface area contributed by atoms with Crippen LogP contribution in [0.2, 0.25) is 5.02 Å². The zero-order valence-electron chi connectivity index (χ0n) is 14.7. The molecule has 0 unspecified atom stereocenters. The van der Waals surface area contributed by atoms with Gasteiger partial charge in [0.05, 0.1) is 24.9 Å². The first-order valence-corrected chi connectivity index (χ1v) is 9.99. The van der Waals surface area contributed by atoms with Crippen LogP contribution in [0.5, 0.6) is 11.5 Å². The van der Waals surface area contributed by atoms with E-state index < -0.39 is 9.84 Å². The van der Waals surface area contributed by atoms with E-state index in [0.717, 1.165) is 0 Å². The average Bonchev–Trinajstić information content (AvgIpc) is 3.15. The Balaban J connectivity index is 1.74. The maximum atomic E-state index is 12.4. The third-order valence-electron chi connectivity index (χ3n) is 3.87. The molecule has 27 heavy (non-hydrogen) atoms. The maximum absolute atomic E-state index is 12.4. The summed E-state index contributed by atoms with van der Waals surface area (Å²) in [7, 11) is -0.392. The number of aromatic nitrogens is 2. The maximum Gasteiger partial charge on any atom is 0.258 e. The first-order valence-electron chi connectivity index (χ1n) is 7.96. The quantitative estimate of drug-likeness (QED) is 0.591. The van der Waals surface area contributed by atoms with Gasteiger partial charge >= 0.3 is 0 Å². The molecule has 0 aliphatic carbocycles. The van der Waals surface area contributed by atoms with Crippen molar-refractivity contribution < 1.29 is 22.4 Å². The lowest BCUT2D eigenvalue weighted by Gasteiger charge is -2.07. The fourth-order valence-corrected chi connectivity index (χ4v) is 3.79. The number of benzene rings is 2. The average molecular weight is 409 g/mol. The highest BCUT2D eigenvalue weighted by Gasteiger charge is 2.18. The van der Waals surface area contributed by atoms with Crippen molar-refractivity contribution in [3.8, 4) is 23.0 Å². The molecule has 1 heterocycles. The molecule has 0 atom stereocenters. The Morgan fingerprint density at radius 2 is 1.74 bits per heavy atom. The van der Waals surface area contributed by atoms with Gasteiger partial charge in [-0.2, -0.15) is 4.98 Å². The molecule has 3 rings (SSSR count). The second kappa shape index (κ2) is 7.98. The second-order valence-electron chi connectivity index (χ2n) is 5.61. The van der Waals surface area contributed by atoms with E-state index in [-0.39, 0.29) is 23.0 Å². The van der Waals surface area contributed by atoms with Gasteiger partial charge in [0.1, 0.15) is 0 Å². The Morgan fingerprint density at radius 3 is 2.41 bits per heavy atom. The highest BCUT2D eigenvalue weighted by atomic mass is 35.5. The molecule has 1 aromatic heterocycles. The standard InChI is InChI=1S/C18H17ClN2O5S/c1-24-15-8-3-12(11-16(15)25-2)18-20-17(21-26-18)9-10-27(22,23)14-6-4-13(19)5-7-14/h3-8,11H,9-10H2,1-2H3. The molecule has 0 bridgehead atoms. The van der Waals surface area contributed by atoms with E-state index in [1.165, 1.54) is 31.4 Å². The summed E-state index contributed by atoms with van der Waals surface area (Å²) in [4.78, 5) is 4.47. The minimum absolute atomic E-state index is 0.127. The Kier molecular flexibility index (Phi) is 5.67. The topological polar surface area (TPSA) is 91.5 Å². The molecule has 0 saturated carbocycles. The lowest BCUT2D eigenvalue weighted by atomic mass is 10.2. The predicted octanol–water partition coefficient (Wildman–Crippen LogP) is 3.42. The van der Waals surface area contributed by atoms with Gasteiger partial charge in [0.2, 0.25) is 0 Å². The smallest absolute Gasteiger partial charge is 0.258 e. The largest absolute Gasteiger partial charge is 0.493 e.